The van der Waals surface area contributed by atoms with Crippen molar-refractivity contribution in [3.05, 3.63) is 71.0 Å². The van der Waals surface area contributed by atoms with E-state index in [2.05, 4.69) is 16.9 Å². The first-order valence-corrected chi connectivity index (χ1v) is 8.24. The van der Waals surface area contributed by atoms with E-state index in [0.717, 1.165) is 36.8 Å². The Morgan fingerprint density at radius 2 is 1.62 bits per heavy atom. The molecule has 0 fully saturated rings. The van der Waals surface area contributed by atoms with Crippen molar-refractivity contribution in [1.29, 1.82) is 0 Å². The van der Waals surface area contributed by atoms with E-state index in [-0.39, 0.29) is 17.8 Å². The third-order valence-electron chi connectivity index (χ3n) is 4.14. The summed E-state index contributed by atoms with van der Waals surface area (Å²) in [6, 6.07) is 14.7. The summed E-state index contributed by atoms with van der Waals surface area (Å²) in [5, 5.41) is 0. The van der Waals surface area contributed by atoms with Crippen LogP contribution in [0.3, 0.4) is 0 Å². The first-order valence-electron chi connectivity index (χ1n) is 8.24. The van der Waals surface area contributed by atoms with Crippen molar-refractivity contribution in [3.63, 3.8) is 0 Å². The molecule has 2 rings (SSSR count). The van der Waals surface area contributed by atoms with Crippen molar-refractivity contribution in [3.8, 4) is 0 Å². The van der Waals surface area contributed by atoms with E-state index in [9.17, 15) is 9.18 Å². The van der Waals surface area contributed by atoms with Gasteiger partial charge in [0.25, 0.3) is 0 Å². The second-order valence-electron chi connectivity index (χ2n) is 5.94. The van der Waals surface area contributed by atoms with Crippen LogP contribution in [0.15, 0.2) is 48.5 Å². The minimum Gasteiger partial charge on any atom is -0.469 e. The number of carbonyl (C=O) groups is 1. The van der Waals surface area contributed by atoms with E-state index in [4.69, 9.17) is 5.73 Å². The van der Waals surface area contributed by atoms with Crippen LogP contribution < -0.4 is 5.73 Å². The molecule has 0 aliphatic heterocycles. The van der Waals surface area contributed by atoms with Gasteiger partial charge in [-0.15, -0.1) is 0 Å². The van der Waals surface area contributed by atoms with Gasteiger partial charge < -0.3 is 10.5 Å². The van der Waals surface area contributed by atoms with Crippen LogP contribution >= 0.6 is 0 Å². The molecule has 24 heavy (non-hydrogen) atoms. The average Bonchev–Trinajstić information content (AvgIpc) is 2.61. The number of esters is 1. The summed E-state index contributed by atoms with van der Waals surface area (Å²) in [5.41, 5.74) is 9.61. The minimum atomic E-state index is -0.217. The Bertz CT molecular complexity index is 638. The second kappa shape index (κ2) is 9.18. The van der Waals surface area contributed by atoms with Crippen LogP contribution in [0.5, 0.6) is 0 Å². The van der Waals surface area contributed by atoms with Crippen molar-refractivity contribution >= 4 is 5.97 Å². The van der Waals surface area contributed by atoms with Gasteiger partial charge in [-0.2, -0.15) is 0 Å². The van der Waals surface area contributed by atoms with Crippen LogP contribution in [0.25, 0.3) is 0 Å². The molecule has 1 unspecified atom stereocenters. The van der Waals surface area contributed by atoms with Gasteiger partial charge in [-0.3, -0.25) is 4.79 Å². The average molecular weight is 329 g/mol. The Morgan fingerprint density at radius 3 is 2.25 bits per heavy atom. The highest BCUT2D eigenvalue weighted by atomic mass is 19.1. The van der Waals surface area contributed by atoms with Crippen molar-refractivity contribution < 1.29 is 13.9 Å². The summed E-state index contributed by atoms with van der Waals surface area (Å²) in [5.74, 6) is -0.389. The molecule has 128 valence electrons. The van der Waals surface area contributed by atoms with E-state index in [1.54, 1.807) is 12.1 Å². The molecule has 0 aliphatic carbocycles. The van der Waals surface area contributed by atoms with Gasteiger partial charge in [0.05, 0.1) is 7.11 Å². The Kier molecular flexibility index (Phi) is 6.94. The monoisotopic (exact) mass is 329 g/mol. The van der Waals surface area contributed by atoms with Crippen molar-refractivity contribution in [2.45, 2.75) is 38.1 Å². The van der Waals surface area contributed by atoms with Gasteiger partial charge in [0.2, 0.25) is 0 Å². The van der Waals surface area contributed by atoms with E-state index < -0.39 is 0 Å². The van der Waals surface area contributed by atoms with Gasteiger partial charge >= 0.3 is 5.97 Å². The summed E-state index contributed by atoms with van der Waals surface area (Å²) in [6.07, 6.45) is 3.70. The van der Waals surface area contributed by atoms with Gasteiger partial charge in [0.1, 0.15) is 5.82 Å². The number of hydrogen-bond acceptors (Lipinski definition) is 3. The predicted octanol–water partition coefficient (Wildman–Crippen LogP) is 3.95. The molecule has 0 aromatic heterocycles. The number of hydrogen-bond donors (Lipinski definition) is 1. The zero-order valence-corrected chi connectivity index (χ0v) is 14.0. The number of benzene rings is 2. The molecule has 2 aromatic rings. The van der Waals surface area contributed by atoms with Crippen LogP contribution in [0.2, 0.25) is 0 Å². The molecular weight excluding hydrogens is 305 g/mol. The summed E-state index contributed by atoms with van der Waals surface area (Å²) < 4.78 is 17.5. The third-order valence-corrected chi connectivity index (χ3v) is 4.14. The van der Waals surface area contributed by atoms with Gasteiger partial charge in [-0.25, -0.2) is 4.39 Å². The molecule has 1 atom stereocenters. The number of methoxy groups -OCH3 is 1. The van der Waals surface area contributed by atoms with Crippen LogP contribution in [0.4, 0.5) is 4.39 Å². The molecule has 0 heterocycles. The lowest BCUT2D eigenvalue weighted by Gasteiger charge is -2.13. The van der Waals surface area contributed by atoms with Crippen LogP contribution in [0.1, 0.15) is 42.0 Å². The Hall–Kier alpha value is -2.20. The molecule has 4 heteroatoms. The maximum Gasteiger partial charge on any atom is 0.305 e. The third kappa shape index (κ3) is 5.78. The fourth-order valence-electron chi connectivity index (χ4n) is 2.61. The smallest absolute Gasteiger partial charge is 0.305 e. The van der Waals surface area contributed by atoms with E-state index in [0.29, 0.717) is 6.42 Å². The topological polar surface area (TPSA) is 52.3 Å². The van der Waals surface area contributed by atoms with Crippen LogP contribution in [-0.2, 0) is 22.4 Å². The van der Waals surface area contributed by atoms with E-state index in [1.165, 1.54) is 24.8 Å². The van der Waals surface area contributed by atoms with E-state index in [1.807, 2.05) is 12.1 Å². The van der Waals surface area contributed by atoms with Gasteiger partial charge in [-0.05, 0) is 54.5 Å². The van der Waals surface area contributed by atoms with E-state index >= 15 is 0 Å². The van der Waals surface area contributed by atoms with Crippen LogP contribution in [-0.4, -0.2) is 13.1 Å². The first kappa shape index (κ1) is 18.1. The SMILES string of the molecule is COC(=O)CCCc1ccc(C(N)CCc2ccc(F)cc2)cc1. The zero-order valence-electron chi connectivity index (χ0n) is 14.0. The molecule has 0 aliphatic rings. The van der Waals surface area contributed by atoms with Crippen LogP contribution in [0, 0.1) is 5.82 Å². The molecule has 0 bridgehead atoms. The summed E-state index contributed by atoms with van der Waals surface area (Å²) in [6.45, 7) is 0. The number of nitrogens with two attached hydrogens (primary N) is 1. The number of rotatable bonds is 8. The van der Waals surface area contributed by atoms with Gasteiger partial charge in [0.15, 0.2) is 0 Å². The Balaban J connectivity index is 1.81. The molecule has 0 saturated heterocycles. The Morgan fingerprint density at radius 1 is 1.04 bits per heavy atom. The standard InChI is InChI=1S/C20H24FNO2/c1-24-20(23)4-2-3-15-5-10-17(11-6-15)19(22)14-9-16-7-12-18(21)13-8-16/h5-8,10-13,19H,2-4,9,14,22H2,1H3. The van der Waals surface area contributed by atoms with Crippen molar-refractivity contribution in [2.24, 2.45) is 5.73 Å². The molecule has 0 radical (unpaired) electrons. The number of ether oxygens (including phenoxy) is 1. The van der Waals surface area contributed by atoms with Gasteiger partial charge in [-0.1, -0.05) is 36.4 Å². The van der Waals surface area contributed by atoms with Crippen molar-refractivity contribution in [2.75, 3.05) is 7.11 Å². The predicted molar refractivity (Wildman–Crippen MR) is 93.0 cm³/mol. The lowest BCUT2D eigenvalue weighted by molar-refractivity contribution is -0.140. The largest absolute Gasteiger partial charge is 0.469 e. The maximum atomic E-state index is 12.9. The maximum absolute atomic E-state index is 12.9. The number of carbonyl (C=O) groups excluding carboxylic acids is 1. The molecular formula is C20H24FNO2. The highest BCUT2D eigenvalue weighted by Gasteiger charge is 2.07. The molecule has 0 amide bonds. The summed E-state index contributed by atoms with van der Waals surface area (Å²) in [7, 11) is 1.41. The highest BCUT2D eigenvalue weighted by Crippen LogP contribution is 2.18. The lowest BCUT2D eigenvalue weighted by Crippen LogP contribution is -2.11. The normalized spacial score (nSPS) is 12.0. The summed E-state index contributed by atoms with van der Waals surface area (Å²) >= 11 is 0. The summed E-state index contributed by atoms with van der Waals surface area (Å²) in [4.78, 5) is 11.1. The van der Waals surface area contributed by atoms with Crippen molar-refractivity contribution in [1.82, 2.24) is 0 Å². The quantitative estimate of drug-likeness (QED) is 0.746. The molecule has 0 spiro atoms. The number of aryl methyl sites for hydroxylation is 2. The number of halogens is 1. The highest BCUT2D eigenvalue weighted by molar-refractivity contribution is 5.69. The van der Waals surface area contributed by atoms with Gasteiger partial charge in [0, 0.05) is 12.5 Å². The lowest BCUT2D eigenvalue weighted by atomic mass is 9.98. The zero-order chi connectivity index (χ0) is 17.4. The molecule has 2 N–H and O–H groups in total. The Labute approximate surface area is 142 Å². The first-order chi connectivity index (χ1) is 11.6. The second-order valence-corrected chi connectivity index (χ2v) is 5.94. The molecule has 0 saturated carbocycles. The minimum absolute atomic E-state index is 0.0424. The fraction of sp³-hybridized carbons (Fsp3) is 0.350. The molecule has 2 aromatic carbocycles. The fourth-order valence-corrected chi connectivity index (χ4v) is 2.61. The molecule has 3 nitrogen and oxygen atoms in total.